The number of fused-ring (bicyclic) bond motifs is 1. The fourth-order valence-corrected chi connectivity index (χ4v) is 2.08. The van der Waals surface area contributed by atoms with E-state index in [1.54, 1.807) is 0 Å². The topological polar surface area (TPSA) is 64.4 Å². The van der Waals surface area contributed by atoms with Crippen molar-refractivity contribution in [3.05, 3.63) is 42.5 Å². The Morgan fingerprint density at radius 2 is 1.90 bits per heavy atom. The van der Waals surface area contributed by atoms with E-state index in [0.717, 1.165) is 16.5 Å². The van der Waals surface area contributed by atoms with Crippen LogP contribution in [0.3, 0.4) is 0 Å². The molecule has 21 heavy (non-hydrogen) atoms. The molecule has 0 heterocycles. The molecule has 0 saturated carbocycles. The van der Waals surface area contributed by atoms with E-state index in [2.05, 4.69) is 5.32 Å². The number of ether oxygens (including phenoxy) is 1. The Bertz CT molecular complexity index is 605. The third kappa shape index (κ3) is 3.95. The number of nitrogens with two attached hydrogens (primary N) is 1. The van der Waals surface area contributed by atoms with E-state index in [-0.39, 0.29) is 11.8 Å². The minimum Gasteiger partial charge on any atom is -0.491 e. The molecule has 0 unspecified atom stereocenters. The van der Waals surface area contributed by atoms with Gasteiger partial charge in [0.2, 0.25) is 5.91 Å². The zero-order chi connectivity index (χ0) is 15.2. The highest BCUT2D eigenvalue weighted by molar-refractivity contribution is 5.88. The first-order valence-corrected chi connectivity index (χ1v) is 7.23. The van der Waals surface area contributed by atoms with Crippen LogP contribution in [-0.2, 0) is 4.79 Å². The fraction of sp³-hybridized carbons (Fsp3) is 0.353. The number of hydrogen-bond acceptors (Lipinski definition) is 3. The molecule has 0 aliphatic rings. The van der Waals surface area contributed by atoms with Gasteiger partial charge in [0.25, 0.3) is 0 Å². The molecule has 0 radical (unpaired) electrons. The number of benzene rings is 2. The van der Waals surface area contributed by atoms with Crippen molar-refractivity contribution in [3.8, 4) is 5.75 Å². The first-order chi connectivity index (χ1) is 10.1. The number of carbonyl (C=O) groups excluding carboxylic acids is 1. The van der Waals surface area contributed by atoms with E-state index in [0.29, 0.717) is 13.2 Å². The lowest BCUT2D eigenvalue weighted by atomic mass is 10.1. The maximum Gasteiger partial charge on any atom is 0.237 e. The minimum atomic E-state index is -0.470. The van der Waals surface area contributed by atoms with E-state index in [1.165, 1.54) is 0 Å². The standard InChI is InChI=1S/C17H22N2O2/c1-12(2)16(18)17(20)19-10-11-21-15-9-5-7-13-6-3-4-8-14(13)15/h3-9,12,16H,10-11,18H2,1-2H3,(H,19,20)/t16-/m0/s1. The molecule has 0 aliphatic heterocycles. The van der Waals surface area contributed by atoms with E-state index in [1.807, 2.05) is 56.3 Å². The Morgan fingerprint density at radius 3 is 2.67 bits per heavy atom. The molecule has 1 amide bonds. The van der Waals surface area contributed by atoms with Gasteiger partial charge in [-0.3, -0.25) is 4.79 Å². The molecule has 112 valence electrons. The Hall–Kier alpha value is -2.07. The fourth-order valence-electron chi connectivity index (χ4n) is 2.08. The average molecular weight is 286 g/mol. The van der Waals surface area contributed by atoms with Crippen LogP contribution in [0.5, 0.6) is 5.75 Å². The summed E-state index contributed by atoms with van der Waals surface area (Å²) in [7, 11) is 0. The van der Waals surface area contributed by atoms with Crippen molar-refractivity contribution in [1.29, 1.82) is 0 Å². The Morgan fingerprint density at radius 1 is 1.19 bits per heavy atom. The van der Waals surface area contributed by atoms with Crippen LogP contribution in [0.25, 0.3) is 10.8 Å². The van der Waals surface area contributed by atoms with Crippen LogP contribution in [0.2, 0.25) is 0 Å². The van der Waals surface area contributed by atoms with E-state index in [9.17, 15) is 4.79 Å². The van der Waals surface area contributed by atoms with Crippen molar-refractivity contribution in [1.82, 2.24) is 5.32 Å². The second-order valence-electron chi connectivity index (χ2n) is 5.39. The number of carbonyl (C=O) groups is 1. The normalized spacial score (nSPS) is 12.4. The van der Waals surface area contributed by atoms with Gasteiger partial charge in [-0.05, 0) is 17.4 Å². The van der Waals surface area contributed by atoms with E-state index >= 15 is 0 Å². The van der Waals surface area contributed by atoms with Crippen molar-refractivity contribution in [2.75, 3.05) is 13.2 Å². The zero-order valence-electron chi connectivity index (χ0n) is 12.5. The Labute approximate surface area is 125 Å². The summed E-state index contributed by atoms with van der Waals surface area (Å²) in [6.07, 6.45) is 0. The molecule has 2 aromatic rings. The Kier molecular flexibility index (Phi) is 5.17. The maximum atomic E-state index is 11.7. The summed E-state index contributed by atoms with van der Waals surface area (Å²) in [5.74, 6) is 0.825. The highest BCUT2D eigenvalue weighted by Crippen LogP contribution is 2.24. The molecule has 1 atom stereocenters. The molecule has 0 aliphatic carbocycles. The molecule has 0 saturated heterocycles. The molecule has 2 rings (SSSR count). The van der Waals surface area contributed by atoms with Gasteiger partial charge in [-0.15, -0.1) is 0 Å². The molecule has 0 spiro atoms. The minimum absolute atomic E-state index is 0.129. The van der Waals surface area contributed by atoms with Crippen molar-refractivity contribution in [3.63, 3.8) is 0 Å². The van der Waals surface area contributed by atoms with Gasteiger partial charge in [0.15, 0.2) is 0 Å². The first-order valence-electron chi connectivity index (χ1n) is 7.23. The van der Waals surface area contributed by atoms with E-state index in [4.69, 9.17) is 10.5 Å². The predicted octanol–water partition coefficient (Wildman–Crippen LogP) is 2.32. The van der Waals surface area contributed by atoms with Gasteiger partial charge in [0, 0.05) is 5.39 Å². The molecule has 2 aromatic carbocycles. The lowest BCUT2D eigenvalue weighted by molar-refractivity contribution is -0.123. The van der Waals surface area contributed by atoms with Gasteiger partial charge in [-0.2, -0.15) is 0 Å². The largest absolute Gasteiger partial charge is 0.491 e. The van der Waals surface area contributed by atoms with Crippen molar-refractivity contribution < 1.29 is 9.53 Å². The molecule has 0 aromatic heterocycles. The summed E-state index contributed by atoms with van der Waals surface area (Å²) < 4.78 is 5.75. The lowest BCUT2D eigenvalue weighted by Gasteiger charge is -2.15. The molecule has 3 N–H and O–H groups in total. The van der Waals surface area contributed by atoms with Gasteiger partial charge in [-0.25, -0.2) is 0 Å². The van der Waals surface area contributed by atoms with Gasteiger partial charge in [0.05, 0.1) is 12.6 Å². The summed E-state index contributed by atoms with van der Waals surface area (Å²) in [6, 6.07) is 13.5. The first kappa shape index (κ1) is 15.3. The van der Waals surface area contributed by atoms with Crippen LogP contribution in [-0.4, -0.2) is 25.1 Å². The van der Waals surface area contributed by atoms with Crippen molar-refractivity contribution in [2.45, 2.75) is 19.9 Å². The second kappa shape index (κ2) is 7.09. The summed E-state index contributed by atoms with van der Waals surface area (Å²) in [5, 5.41) is 5.01. The number of rotatable bonds is 6. The van der Waals surface area contributed by atoms with Gasteiger partial charge >= 0.3 is 0 Å². The van der Waals surface area contributed by atoms with Crippen LogP contribution in [0.15, 0.2) is 42.5 Å². The van der Waals surface area contributed by atoms with Crippen LogP contribution in [0.4, 0.5) is 0 Å². The quantitative estimate of drug-likeness (QED) is 0.801. The summed E-state index contributed by atoms with van der Waals surface area (Å²) in [6.45, 7) is 4.72. The van der Waals surface area contributed by atoms with E-state index < -0.39 is 6.04 Å². The number of nitrogens with one attached hydrogen (secondary N) is 1. The SMILES string of the molecule is CC(C)[C@H](N)C(=O)NCCOc1cccc2ccccc12. The highest BCUT2D eigenvalue weighted by atomic mass is 16.5. The van der Waals surface area contributed by atoms with Crippen LogP contribution >= 0.6 is 0 Å². The van der Waals surface area contributed by atoms with Gasteiger partial charge < -0.3 is 15.8 Å². The third-order valence-corrected chi connectivity index (χ3v) is 3.43. The lowest BCUT2D eigenvalue weighted by Crippen LogP contribution is -2.45. The van der Waals surface area contributed by atoms with Crippen molar-refractivity contribution in [2.24, 2.45) is 11.7 Å². The molecular weight excluding hydrogens is 264 g/mol. The summed E-state index contributed by atoms with van der Waals surface area (Å²) >= 11 is 0. The maximum absolute atomic E-state index is 11.7. The third-order valence-electron chi connectivity index (χ3n) is 3.43. The highest BCUT2D eigenvalue weighted by Gasteiger charge is 2.16. The monoisotopic (exact) mass is 286 g/mol. The molecule has 4 heteroatoms. The zero-order valence-corrected chi connectivity index (χ0v) is 12.5. The van der Waals surface area contributed by atoms with Gasteiger partial charge in [0.1, 0.15) is 12.4 Å². The van der Waals surface area contributed by atoms with Crippen molar-refractivity contribution >= 4 is 16.7 Å². The van der Waals surface area contributed by atoms with Crippen LogP contribution < -0.4 is 15.8 Å². The molecule has 4 nitrogen and oxygen atoms in total. The molecular formula is C17H22N2O2. The number of hydrogen-bond donors (Lipinski definition) is 2. The smallest absolute Gasteiger partial charge is 0.237 e. The second-order valence-corrected chi connectivity index (χ2v) is 5.39. The molecule has 0 fully saturated rings. The summed E-state index contributed by atoms with van der Waals surface area (Å²) in [5.41, 5.74) is 5.77. The Balaban J connectivity index is 1.87. The van der Waals surface area contributed by atoms with Crippen LogP contribution in [0.1, 0.15) is 13.8 Å². The van der Waals surface area contributed by atoms with Gasteiger partial charge in [-0.1, -0.05) is 50.2 Å². The predicted molar refractivity (Wildman–Crippen MR) is 85.3 cm³/mol. The van der Waals surface area contributed by atoms with Crippen LogP contribution in [0, 0.1) is 5.92 Å². The summed E-state index contributed by atoms with van der Waals surface area (Å²) in [4.78, 5) is 11.7. The number of amides is 1. The molecule has 0 bridgehead atoms. The average Bonchev–Trinajstić information content (AvgIpc) is 2.50.